The zero-order valence-electron chi connectivity index (χ0n) is 15.5. The number of aryl methyl sites for hydroxylation is 2. The molecule has 140 valence electrons. The Labute approximate surface area is 167 Å². The smallest absolute Gasteiger partial charge is 0.410 e. The van der Waals surface area contributed by atoms with Crippen molar-refractivity contribution in [1.82, 2.24) is 4.90 Å². The standard InChI is InChI=1S/C18H28N4O2.HI/c1-18(2,3)24-17(23)22(4)11-10-20-16(19)21-15-9-8-13-6-5-7-14(13)12-15;/h8-9,12H,5-7,10-11H2,1-4H3,(H3,19,20,21);1H. The Morgan fingerprint density at radius 3 is 2.68 bits per heavy atom. The lowest BCUT2D eigenvalue weighted by Crippen LogP contribution is -2.36. The minimum absolute atomic E-state index is 0. The van der Waals surface area contributed by atoms with Crippen molar-refractivity contribution in [2.24, 2.45) is 10.7 Å². The molecule has 1 aromatic carbocycles. The summed E-state index contributed by atoms with van der Waals surface area (Å²) in [6, 6.07) is 6.31. The van der Waals surface area contributed by atoms with Gasteiger partial charge in [-0.3, -0.25) is 4.99 Å². The zero-order valence-corrected chi connectivity index (χ0v) is 17.8. The Morgan fingerprint density at radius 2 is 2.00 bits per heavy atom. The van der Waals surface area contributed by atoms with Crippen molar-refractivity contribution >= 4 is 41.7 Å². The summed E-state index contributed by atoms with van der Waals surface area (Å²) in [7, 11) is 1.69. The number of rotatable bonds is 4. The maximum absolute atomic E-state index is 11.8. The number of guanidine groups is 1. The predicted molar refractivity (Wildman–Crippen MR) is 113 cm³/mol. The fourth-order valence-corrected chi connectivity index (χ4v) is 2.59. The number of halogens is 1. The van der Waals surface area contributed by atoms with Crippen molar-refractivity contribution in [3.05, 3.63) is 29.3 Å². The topological polar surface area (TPSA) is 80.0 Å². The molecule has 0 unspecified atom stereocenters. The fourth-order valence-electron chi connectivity index (χ4n) is 2.59. The van der Waals surface area contributed by atoms with Crippen LogP contribution in [0.2, 0.25) is 0 Å². The van der Waals surface area contributed by atoms with Crippen LogP contribution in [0.5, 0.6) is 0 Å². The first kappa shape index (κ1) is 21.5. The van der Waals surface area contributed by atoms with E-state index in [2.05, 4.69) is 22.4 Å². The van der Waals surface area contributed by atoms with Crippen molar-refractivity contribution in [1.29, 1.82) is 0 Å². The van der Waals surface area contributed by atoms with E-state index in [9.17, 15) is 4.79 Å². The van der Waals surface area contributed by atoms with Gasteiger partial charge in [0, 0.05) is 19.3 Å². The van der Waals surface area contributed by atoms with Gasteiger partial charge in [-0.25, -0.2) is 4.79 Å². The lowest BCUT2D eigenvalue weighted by atomic mass is 10.1. The lowest BCUT2D eigenvalue weighted by Gasteiger charge is -2.24. The van der Waals surface area contributed by atoms with Gasteiger partial charge in [-0.05, 0) is 63.3 Å². The Bertz CT molecular complexity index is 626. The van der Waals surface area contributed by atoms with Crippen LogP contribution in [-0.4, -0.2) is 42.7 Å². The second-order valence-corrected chi connectivity index (χ2v) is 7.13. The molecule has 1 aliphatic carbocycles. The normalized spacial score (nSPS) is 13.7. The van der Waals surface area contributed by atoms with Crippen molar-refractivity contribution < 1.29 is 9.53 Å². The van der Waals surface area contributed by atoms with Crippen LogP contribution in [0.15, 0.2) is 23.2 Å². The highest BCUT2D eigenvalue weighted by molar-refractivity contribution is 14.0. The van der Waals surface area contributed by atoms with Crippen LogP contribution in [0.25, 0.3) is 0 Å². The number of likely N-dealkylation sites (N-methyl/N-ethyl adjacent to an activating group) is 1. The third-order valence-corrected chi connectivity index (χ3v) is 3.79. The van der Waals surface area contributed by atoms with Crippen molar-refractivity contribution in [3.63, 3.8) is 0 Å². The molecule has 0 heterocycles. The first-order valence-electron chi connectivity index (χ1n) is 8.37. The summed E-state index contributed by atoms with van der Waals surface area (Å²) < 4.78 is 5.29. The molecule has 0 bridgehead atoms. The molecule has 1 amide bonds. The molecule has 0 aliphatic heterocycles. The van der Waals surface area contributed by atoms with Crippen molar-refractivity contribution in [2.45, 2.75) is 45.6 Å². The largest absolute Gasteiger partial charge is 0.444 e. The van der Waals surface area contributed by atoms with E-state index in [1.807, 2.05) is 26.8 Å². The number of nitrogens with two attached hydrogens (primary N) is 1. The number of ether oxygens (including phenoxy) is 1. The van der Waals surface area contributed by atoms with E-state index >= 15 is 0 Å². The molecule has 0 saturated heterocycles. The van der Waals surface area contributed by atoms with E-state index in [0.29, 0.717) is 19.0 Å². The lowest BCUT2D eigenvalue weighted by molar-refractivity contribution is 0.0304. The Morgan fingerprint density at radius 1 is 1.32 bits per heavy atom. The SMILES string of the molecule is CN(CCN=C(N)Nc1ccc2c(c1)CCC2)C(=O)OC(C)(C)C.I. The number of benzene rings is 1. The van der Waals surface area contributed by atoms with Crippen LogP contribution in [0, 0.1) is 0 Å². The summed E-state index contributed by atoms with van der Waals surface area (Å²) >= 11 is 0. The molecule has 3 N–H and O–H groups in total. The number of aliphatic imine (C=N–C) groups is 1. The maximum atomic E-state index is 11.8. The van der Waals surface area contributed by atoms with Crippen LogP contribution >= 0.6 is 24.0 Å². The molecule has 2 rings (SSSR count). The Hall–Kier alpha value is -1.51. The molecule has 0 fully saturated rings. The minimum Gasteiger partial charge on any atom is -0.444 e. The number of amides is 1. The van der Waals surface area contributed by atoms with Gasteiger partial charge in [-0.15, -0.1) is 24.0 Å². The van der Waals surface area contributed by atoms with Gasteiger partial charge < -0.3 is 20.7 Å². The van der Waals surface area contributed by atoms with Gasteiger partial charge in [0.2, 0.25) is 0 Å². The van der Waals surface area contributed by atoms with Crippen LogP contribution < -0.4 is 11.1 Å². The monoisotopic (exact) mass is 460 g/mol. The fraction of sp³-hybridized carbons (Fsp3) is 0.556. The maximum Gasteiger partial charge on any atom is 0.410 e. The van der Waals surface area contributed by atoms with Gasteiger partial charge in [-0.1, -0.05) is 6.07 Å². The van der Waals surface area contributed by atoms with E-state index in [1.165, 1.54) is 22.4 Å². The second-order valence-electron chi connectivity index (χ2n) is 7.13. The summed E-state index contributed by atoms with van der Waals surface area (Å²) in [4.78, 5) is 17.6. The average molecular weight is 460 g/mol. The third kappa shape index (κ3) is 7.09. The zero-order chi connectivity index (χ0) is 17.7. The molecule has 6 nitrogen and oxygen atoms in total. The molecule has 0 aromatic heterocycles. The van der Waals surface area contributed by atoms with Gasteiger partial charge in [0.15, 0.2) is 5.96 Å². The highest BCUT2D eigenvalue weighted by Gasteiger charge is 2.19. The summed E-state index contributed by atoms with van der Waals surface area (Å²) in [5.41, 5.74) is 9.19. The van der Waals surface area contributed by atoms with Gasteiger partial charge in [-0.2, -0.15) is 0 Å². The average Bonchev–Trinajstić information content (AvgIpc) is 2.92. The van der Waals surface area contributed by atoms with E-state index in [0.717, 1.165) is 18.5 Å². The summed E-state index contributed by atoms with van der Waals surface area (Å²) in [6.45, 7) is 6.39. The van der Waals surface area contributed by atoms with Gasteiger partial charge in [0.25, 0.3) is 0 Å². The summed E-state index contributed by atoms with van der Waals surface area (Å²) in [5, 5.41) is 3.11. The first-order valence-corrected chi connectivity index (χ1v) is 8.37. The number of fused-ring (bicyclic) bond motifs is 1. The van der Waals surface area contributed by atoms with Crippen LogP contribution in [0.4, 0.5) is 10.5 Å². The van der Waals surface area contributed by atoms with E-state index in [4.69, 9.17) is 10.5 Å². The number of carbonyl (C=O) groups is 1. The number of nitrogens with one attached hydrogen (secondary N) is 1. The van der Waals surface area contributed by atoms with Crippen molar-refractivity contribution in [2.75, 3.05) is 25.5 Å². The third-order valence-electron chi connectivity index (χ3n) is 3.79. The minimum atomic E-state index is -0.497. The molecule has 7 heteroatoms. The number of anilines is 1. The highest BCUT2D eigenvalue weighted by atomic mass is 127. The predicted octanol–water partition coefficient (Wildman–Crippen LogP) is 3.39. The molecule has 0 radical (unpaired) electrons. The summed E-state index contributed by atoms with van der Waals surface area (Å²) in [6.07, 6.45) is 3.15. The van der Waals surface area contributed by atoms with Crippen molar-refractivity contribution in [3.8, 4) is 0 Å². The van der Waals surface area contributed by atoms with Gasteiger partial charge in [0.05, 0.1) is 6.54 Å². The number of carbonyl (C=O) groups excluding carboxylic acids is 1. The molecule has 0 atom stereocenters. The van der Waals surface area contributed by atoms with E-state index in [-0.39, 0.29) is 30.1 Å². The molecule has 1 aromatic rings. The molecular weight excluding hydrogens is 431 g/mol. The molecule has 0 saturated carbocycles. The number of nitrogens with zero attached hydrogens (tertiary/aromatic N) is 2. The van der Waals surface area contributed by atoms with Gasteiger partial charge >= 0.3 is 6.09 Å². The molecule has 1 aliphatic rings. The Balaban J connectivity index is 0.00000312. The van der Waals surface area contributed by atoms with Crippen LogP contribution in [0.3, 0.4) is 0 Å². The molecule has 25 heavy (non-hydrogen) atoms. The molecule has 0 spiro atoms. The Kier molecular flexibility index (Phi) is 7.98. The van der Waals surface area contributed by atoms with Crippen LogP contribution in [0.1, 0.15) is 38.3 Å². The van der Waals surface area contributed by atoms with Crippen LogP contribution in [-0.2, 0) is 17.6 Å². The summed E-state index contributed by atoms with van der Waals surface area (Å²) in [5.74, 6) is 0.352. The number of hydrogen-bond acceptors (Lipinski definition) is 3. The first-order chi connectivity index (χ1) is 11.2. The van der Waals surface area contributed by atoms with E-state index in [1.54, 1.807) is 7.05 Å². The number of hydrogen-bond donors (Lipinski definition) is 2. The van der Waals surface area contributed by atoms with E-state index < -0.39 is 5.60 Å². The quantitative estimate of drug-likeness (QED) is 0.410. The van der Waals surface area contributed by atoms with Gasteiger partial charge in [0.1, 0.15) is 5.60 Å². The molecular formula is C18H29IN4O2. The highest BCUT2D eigenvalue weighted by Crippen LogP contribution is 2.24. The second kappa shape index (κ2) is 9.26.